The molecule has 8 nitrogen and oxygen atoms in total. The van der Waals surface area contributed by atoms with Crippen LogP contribution in [0.2, 0.25) is 0 Å². The first kappa shape index (κ1) is 48.0. The number of carbonyl (C=O) groups is 2. The summed E-state index contributed by atoms with van der Waals surface area (Å²) in [6.45, 7) is 12.2. The smallest absolute Gasteiger partial charge is 0.349 e. The lowest BCUT2D eigenvalue weighted by molar-refractivity contribution is -0.946. The van der Waals surface area contributed by atoms with Crippen LogP contribution < -0.4 is 43.8 Å². The van der Waals surface area contributed by atoms with Crippen LogP contribution in [0.3, 0.4) is 0 Å². The average Bonchev–Trinajstić information content (AvgIpc) is 4.09. The molecule has 2 aromatic carbocycles. The van der Waals surface area contributed by atoms with Gasteiger partial charge in [0.25, 0.3) is 0 Å². The SMILES string of the molecule is CC(C)(c1ccccc1)[NH+]1CC[C@@H](OC(=O)C(O)(c2cccs2)c2cccs2)C1.CC(C)(c1ccccc1)[NH+]1CC[C@H](OC(=O)C(O)(c2cccs2)c2cccs2)C1.[Br-].[Br-]. The van der Waals surface area contributed by atoms with Gasteiger partial charge < -0.3 is 63.4 Å². The third kappa shape index (κ3) is 9.94. The van der Waals surface area contributed by atoms with Gasteiger partial charge in [-0.1, -0.05) is 84.9 Å². The van der Waals surface area contributed by atoms with Gasteiger partial charge in [0, 0.05) is 24.0 Å². The molecule has 8 rings (SSSR count). The number of quaternary nitrogens is 2. The molecule has 4 atom stereocenters. The molecule has 0 amide bonds. The van der Waals surface area contributed by atoms with Crippen LogP contribution in [-0.4, -0.2) is 60.5 Å². The first-order valence-electron chi connectivity index (χ1n) is 19.7. The summed E-state index contributed by atoms with van der Waals surface area (Å²) in [5.74, 6) is -1.16. The van der Waals surface area contributed by atoms with Gasteiger partial charge in [-0.05, 0) is 73.5 Å². The number of benzene rings is 2. The Hall–Kier alpha value is -3.02. The van der Waals surface area contributed by atoms with Crippen molar-refractivity contribution < 1.29 is 73.0 Å². The van der Waals surface area contributed by atoms with E-state index < -0.39 is 23.1 Å². The Bertz CT molecular complexity index is 1970. The number of hydrogen-bond acceptors (Lipinski definition) is 10. The number of likely N-dealkylation sites (tertiary alicyclic amines) is 2. The van der Waals surface area contributed by atoms with Crippen LogP contribution in [0.25, 0.3) is 0 Å². The Labute approximate surface area is 390 Å². The molecule has 6 heterocycles. The van der Waals surface area contributed by atoms with E-state index in [1.807, 2.05) is 57.9 Å². The van der Waals surface area contributed by atoms with Gasteiger partial charge in [0.2, 0.25) is 11.2 Å². The lowest BCUT2D eigenvalue weighted by Gasteiger charge is -2.33. The second kappa shape index (κ2) is 20.4. The summed E-state index contributed by atoms with van der Waals surface area (Å²) in [6, 6.07) is 35.4. The van der Waals surface area contributed by atoms with Crippen molar-refractivity contribution >= 4 is 57.3 Å². The topological polar surface area (TPSA) is 102 Å². The molecule has 2 fully saturated rings. The molecule has 4 N–H and O–H groups in total. The summed E-state index contributed by atoms with van der Waals surface area (Å²) >= 11 is 5.47. The van der Waals surface area contributed by atoms with Crippen LogP contribution in [0.1, 0.15) is 71.2 Å². The van der Waals surface area contributed by atoms with E-state index in [2.05, 4.69) is 76.2 Å². The number of rotatable bonds is 12. The van der Waals surface area contributed by atoms with Crippen molar-refractivity contribution in [3.05, 3.63) is 161 Å². The Kier molecular flexibility index (Phi) is 16.4. The predicted molar refractivity (Wildman–Crippen MR) is 233 cm³/mol. The lowest BCUT2D eigenvalue weighted by atomic mass is 9.93. The number of thiophene rings is 4. The number of halogens is 2. The molecule has 6 aromatic rings. The van der Waals surface area contributed by atoms with Gasteiger partial charge in [-0.2, -0.15) is 0 Å². The highest BCUT2D eigenvalue weighted by Crippen LogP contribution is 2.38. The van der Waals surface area contributed by atoms with Crippen molar-refractivity contribution in [3.63, 3.8) is 0 Å². The molecule has 2 saturated heterocycles. The average molecular weight is 1020 g/mol. The molecular weight excluding hydrogens is 965 g/mol. The quantitative estimate of drug-likeness (QED) is 0.133. The van der Waals surface area contributed by atoms with Crippen molar-refractivity contribution in [1.82, 2.24) is 0 Å². The van der Waals surface area contributed by atoms with Gasteiger partial charge in [-0.3, -0.25) is 0 Å². The van der Waals surface area contributed by atoms with Crippen LogP contribution in [0.5, 0.6) is 0 Å². The molecule has 4 aromatic heterocycles. The molecule has 320 valence electrons. The third-order valence-electron chi connectivity index (χ3n) is 11.9. The monoisotopic (exact) mass is 1010 g/mol. The maximum absolute atomic E-state index is 13.2. The molecule has 2 aliphatic rings. The van der Waals surface area contributed by atoms with Gasteiger partial charge in [0.15, 0.2) is 12.2 Å². The van der Waals surface area contributed by atoms with Crippen LogP contribution in [0, 0.1) is 0 Å². The van der Waals surface area contributed by atoms with E-state index >= 15 is 0 Å². The summed E-state index contributed by atoms with van der Waals surface area (Å²) in [7, 11) is 0. The molecular formula is C46H52Br2N2O6S4. The number of hydrogen-bond donors (Lipinski definition) is 4. The number of ether oxygens (including phenoxy) is 2. The molecule has 0 aliphatic carbocycles. The number of carbonyl (C=O) groups excluding carboxylic acids is 2. The zero-order valence-corrected chi connectivity index (χ0v) is 40.5. The van der Waals surface area contributed by atoms with Crippen LogP contribution in [0.15, 0.2) is 131 Å². The summed E-state index contributed by atoms with van der Waals surface area (Å²) in [6.07, 6.45) is 1.18. The van der Waals surface area contributed by atoms with E-state index in [1.54, 1.807) is 24.3 Å². The van der Waals surface area contributed by atoms with E-state index in [4.69, 9.17) is 9.47 Å². The first-order chi connectivity index (χ1) is 27.8. The van der Waals surface area contributed by atoms with E-state index in [0.717, 1.165) is 39.0 Å². The maximum Gasteiger partial charge on any atom is 0.349 e. The van der Waals surface area contributed by atoms with E-state index in [1.165, 1.54) is 66.3 Å². The molecule has 2 aliphatic heterocycles. The Morgan fingerprint density at radius 1 is 0.517 bits per heavy atom. The zero-order chi connectivity index (χ0) is 41.0. The molecule has 60 heavy (non-hydrogen) atoms. The molecule has 14 heteroatoms. The van der Waals surface area contributed by atoms with Crippen molar-refractivity contribution in [3.8, 4) is 0 Å². The fraction of sp³-hybridized carbons (Fsp3) is 0.348. The largest absolute Gasteiger partial charge is 1.00 e. The highest BCUT2D eigenvalue weighted by molar-refractivity contribution is 7.12. The van der Waals surface area contributed by atoms with E-state index in [-0.39, 0.29) is 57.2 Å². The van der Waals surface area contributed by atoms with Crippen LogP contribution in [0.4, 0.5) is 0 Å². The van der Waals surface area contributed by atoms with Gasteiger partial charge in [0.1, 0.15) is 24.2 Å². The highest BCUT2D eigenvalue weighted by atomic mass is 79.9. The van der Waals surface area contributed by atoms with Gasteiger partial charge in [-0.15, -0.1) is 45.3 Å². The Morgan fingerprint density at radius 2 is 0.817 bits per heavy atom. The summed E-state index contributed by atoms with van der Waals surface area (Å²) in [5, 5.41) is 30.3. The van der Waals surface area contributed by atoms with Gasteiger partial charge in [0.05, 0.1) is 32.6 Å². The van der Waals surface area contributed by atoms with Gasteiger partial charge in [-0.25, -0.2) is 9.59 Å². The van der Waals surface area contributed by atoms with Crippen molar-refractivity contribution in [2.45, 2.75) is 75.0 Å². The number of nitrogens with one attached hydrogen (secondary N) is 2. The van der Waals surface area contributed by atoms with Crippen LogP contribution >= 0.6 is 45.3 Å². The summed E-state index contributed by atoms with van der Waals surface area (Å²) < 4.78 is 11.8. The normalized spacial score (nSPS) is 19.3. The minimum absolute atomic E-state index is 0. The van der Waals surface area contributed by atoms with Crippen molar-refractivity contribution in [1.29, 1.82) is 0 Å². The Morgan fingerprint density at radius 3 is 1.08 bits per heavy atom. The lowest BCUT2D eigenvalue weighted by Crippen LogP contribution is -3.16. The van der Waals surface area contributed by atoms with E-state index in [0.29, 0.717) is 19.5 Å². The van der Waals surface area contributed by atoms with Gasteiger partial charge >= 0.3 is 11.9 Å². The molecule has 0 bridgehead atoms. The zero-order valence-electron chi connectivity index (χ0n) is 34.0. The van der Waals surface area contributed by atoms with Crippen molar-refractivity contribution in [2.75, 3.05) is 26.2 Å². The first-order valence-corrected chi connectivity index (χ1v) is 23.2. The van der Waals surface area contributed by atoms with Crippen LogP contribution in [-0.2, 0) is 41.3 Å². The minimum Gasteiger partial charge on any atom is -1.00 e. The number of aliphatic hydroxyl groups is 2. The van der Waals surface area contributed by atoms with Crippen molar-refractivity contribution in [2.24, 2.45) is 0 Å². The fourth-order valence-corrected chi connectivity index (χ4v) is 11.6. The highest BCUT2D eigenvalue weighted by Gasteiger charge is 2.49. The van der Waals surface area contributed by atoms with E-state index in [9.17, 15) is 19.8 Å². The molecule has 0 radical (unpaired) electrons. The summed E-state index contributed by atoms with van der Waals surface area (Å²) in [5.41, 5.74) is -1.06. The maximum atomic E-state index is 13.2. The predicted octanol–water partition coefficient (Wildman–Crippen LogP) is 0.370. The molecule has 0 spiro atoms. The number of esters is 2. The third-order valence-corrected chi connectivity index (χ3v) is 15.8. The molecule has 2 unspecified atom stereocenters. The fourth-order valence-electron chi connectivity index (χ4n) is 8.14. The standard InChI is InChI=1S/2C23H25NO3S2.2BrH/c2*1-22(2,17-8-4-3-5-9-17)24-13-12-18(16-24)27-21(25)23(26,19-10-6-14-28-19)20-11-7-15-29-20;;/h2*3-11,14-15,18,26H,12-13,16H2,1-2H3;2*1H/t2*18-;;/m10../s1. The molecule has 0 saturated carbocycles. The minimum atomic E-state index is -1.74. The second-order valence-electron chi connectivity index (χ2n) is 16.1. The Balaban J connectivity index is 0.000000220. The summed E-state index contributed by atoms with van der Waals surface area (Å²) in [4.78, 5) is 31.5. The second-order valence-corrected chi connectivity index (χ2v) is 19.9.